The number of benzene rings is 1. The van der Waals surface area contributed by atoms with Crippen molar-refractivity contribution in [1.82, 2.24) is 20.4 Å². The maximum atomic E-state index is 12.9. The zero-order valence-electron chi connectivity index (χ0n) is 18.1. The van der Waals surface area contributed by atoms with Gasteiger partial charge in [-0.15, -0.1) is 0 Å². The van der Waals surface area contributed by atoms with Crippen LogP contribution in [0.25, 0.3) is 11.3 Å². The van der Waals surface area contributed by atoms with Crippen LogP contribution in [0.2, 0.25) is 0 Å². The first-order valence-corrected chi connectivity index (χ1v) is 11.1. The van der Waals surface area contributed by atoms with Crippen LogP contribution in [-0.4, -0.2) is 39.9 Å². The van der Waals surface area contributed by atoms with Crippen molar-refractivity contribution < 1.29 is 14.1 Å². The number of nitrogens with one attached hydrogen (secondary N) is 1. The highest BCUT2D eigenvalue weighted by Crippen LogP contribution is 2.59. The number of pyridine rings is 1. The average Bonchev–Trinajstić information content (AvgIpc) is 3.28. The maximum absolute atomic E-state index is 12.9. The van der Waals surface area contributed by atoms with Crippen molar-refractivity contribution in [2.75, 3.05) is 13.1 Å². The highest BCUT2D eigenvalue weighted by molar-refractivity contribution is 5.92. The molecule has 164 valence electrons. The molecule has 3 heterocycles. The molecule has 7 nitrogen and oxygen atoms in total. The fourth-order valence-corrected chi connectivity index (χ4v) is 4.70. The lowest BCUT2D eigenvalue weighted by Gasteiger charge is -2.32. The van der Waals surface area contributed by atoms with E-state index in [0.29, 0.717) is 25.3 Å². The van der Waals surface area contributed by atoms with E-state index < -0.39 is 0 Å². The number of piperidine rings is 1. The minimum atomic E-state index is -0.137. The van der Waals surface area contributed by atoms with Gasteiger partial charge in [0.2, 0.25) is 11.7 Å². The normalized spacial score (nSPS) is 19.0. The number of hydrogen-bond donors (Lipinski definition) is 1. The third-order valence-electron chi connectivity index (χ3n) is 6.73. The van der Waals surface area contributed by atoms with Crippen LogP contribution in [0.15, 0.2) is 59.1 Å². The number of rotatable bonds is 5. The van der Waals surface area contributed by atoms with E-state index in [-0.39, 0.29) is 28.9 Å². The number of aryl methyl sites for hydroxylation is 1. The molecule has 5 rings (SSSR count). The number of carbonyl (C=O) groups excluding carboxylic acids is 2. The second-order valence-electron chi connectivity index (χ2n) is 8.84. The summed E-state index contributed by atoms with van der Waals surface area (Å²) in [5.41, 5.74) is 3.41. The summed E-state index contributed by atoms with van der Waals surface area (Å²) in [5, 5.41) is 7.08. The van der Waals surface area contributed by atoms with Gasteiger partial charge in [0.1, 0.15) is 5.69 Å². The van der Waals surface area contributed by atoms with Crippen LogP contribution in [-0.2, 0) is 11.3 Å². The Morgan fingerprint density at radius 1 is 1.12 bits per heavy atom. The zero-order valence-corrected chi connectivity index (χ0v) is 18.1. The van der Waals surface area contributed by atoms with E-state index in [9.17, 15) is 9.59 Å². The highest BCUT2D eigenvalue weighted by atomic mass is 16.5. The predicted molar refractivity (Wildman–Crippen MR) is 118 cm³/mol. The molecular formula is C25H26N4O3. The number of carbonyl (C=O) groups is 2. The Labute approximate surface area is 186 Å². The first-order chi connectivity index (χ1) is 15.5. The number of likely N-dealkylation sites (tertiary alicyclic amines) is 1. The minimum Gasteiger partial charge on any atom is -0.350 e. The predicted octanol–water partition coefficient (Wildman–Crippen LogP) is 3.60. The molecule has 0 bridgehead atoms. The van der Waals surface area contributed by atoms with Crippen molar-refractivity contribution in [1.29, 1.82) is 0 Å². The number of amides is 2. The Morgan fingerprint density at radius 3 is 2.66 bits per heavy atom. The molecule has 2 amide bonds. The largest absolute Gasteiger partial charge is 0.350 e. The second kappa shape index (κ2) is 8.22. The Balaban J connectivity index is 1.14. The summed E-state index contributed by atoms with van der Waals surface area (Å²) in [5.74, 6) is 0.243. The summed E-state index contributed by atoms with van der Waals surface area (Å²) in [6.45, 7) is 3.65. The van der Waals surface area contributed by atoms with E-state index >= 15 is 0 Å². The summed E-state index contributed by atoms with van der Waals surface area (Å²) in [7, 11) is 0. The van der Waals surface area contributed by atoms with E-state index in [1.165, 1.54) is 0 Å². The summed E-state index contributed by atoms with van der Waals surface area (Å²) >= 11 is 0. The molecule has 2 aliphatic rings. The van der Waals surface area contributed by atoms with Gasteiger partial charge in [-0.2, -0.15) is 0 Å². The van der Waals surface area contributed by atoms with Crippen molar-refractivity contribution >= 4 is 11.8 Å². The van der Waals surface area contributed by atoms with Gasteiger partial charge in [0, 0.05) is 36.3 Å². The van der Waals surface area contributed by atoms with Crippen LogP contribution in [0.1, 0.15) is 41.2 Å². The van der Waals surface area contributed by atoms with Crippen molar-refractivity contribution in [3.63, 3.8) is 0 Å². The Hall–Kier alpha value is -3.48. The van der Waals surface area contributed by atoms with Gasteiger partial charge in [-0.1, -0.05) is 41.6 Å². The van der Waals surface area contributed by atoms with Gasteiger partial charge in [-0.05, 0) is 43.7 Å². The molecule has 1 saturated carbocycles. The maximum Gasteiger partial charge on any atom is 0.292 e. The van der Waals surface area contributed by atoms with Crippen LogP contribution >= 0.6 is 0 Å². The minimum absolute atomic E-state index is 0.0253. The Morgan fingerprint density at radius 2 is 1.91 bits per heavy atom. The fraction of sp³-hybridized carbons (Fsp3) is 0.360. The molecule has 1 spiro atoms. The van der Waals surface area contributed by atoms with Crippen molar-refractivity contribution in [3.05, 3.63) is 71.7 Å². The fourth-order valence-electron chi connectivity index (χ4n) is 4.70. The summed E-state index contributed by atoms with van der Waals surface area (Å²) in [6, 6.07) is 17.2. The molecule has 1 aliphatic carbocycles. The zero-order chi connectivity index (χ0) is 22.1. The summed E-state index contributed by atoms with van der Waals surface area (Å²) in [4.78, 5) is 31.8. The number of aromatic nitrogens is 2. The van der Waals surface area contributed by atoms with Gasteiger partial charge < -0.3 is 14.7 Å². The van der Waals surface area contributed by atoms with Crippen LogP contribution in [0.5, 0.6) is 0 Å². The summed E-state index contributed by atoms with van der Waals surface area (Å²) < 4.78 is 5.33. The van der Waals surface area contributed by atoms with Gasteiger partial charge in [0.25, 0.3) is 5.91 Å². The molecule has 7 heteroatoms. The first kappa shape index (κ1) is 20.4. The van der Waals surface area contributed by atoms with Gasteiger partial charge >= 0.3 is 0 Å². The smallest absolute Gasteiger partial charge is 0.292 e. The third-order valence-corrected chi connectivity index (χ3v) is 6.73. The lowest BCUT2D eigenvalue weighted by atomic mass is 9.90. The molecule has 0 radical (unpaired) electrons. The van der Waals surface area contributed by atoms with Crippen molar-refractivity contribution in [2.24, 2.45) is 11.3 Å². The molecule has 1 N–H and O–H groups in total. The molecule has 1 saturated heterocycles. The second-order valence-corrected chi connectivity index (χ2v) is 8.84. The van der Waals surface area contributed by atoms with E-state index in [0.717, 1.165) is 36.2 Å². The lowest BCUT2D eigenvalue weighted by Crippen LogP contribution is -2.40. The van der Waals surface area contributed by atoms with Crippen LogP contribution in [0.3, 0.4) is 0 Å². The summed E-state index contributed by atoms with van der Waals surface area (Å²) in [6.07, 6.45) is 2.56. The first-order valence-electron chi connectivity index (χ1n) is 11.1. The van der Waals surface area contributed by atoms with Crippen molar-refractivity contribution in [3.8, 4) is 11.3 Å². The molecule has 1 aromatic carbocycles. The highest BCUT2D eigenvalue weighted by Gasteiger charge is 2.58. The molecule has 3 aromatic rings. The van der Waals surface area contributed by atoms with Crippen molar-refractivity contribution in [2.45, 2.75) is 32.7 Å². The van der Waals surface area contributed by atoms with Crippen LogP contribution in [0.4, 0.5) is 0 Å². The quantitative estimate of drug-likeness (QED) is 0.668. The third kappa shape index (κ3) is 4.02. The Bertz CT molecular complexity index is 1130. The van der Waals surface area contributed by atoms with Gasteiger partial charge in [-0.3, -0.25) is 14.6 Å². The monoisotopic (exact) mass is 430 g/mol. The molecule has 2 fully saturated rings. The SMILES string of the molecule is Cc1cccc(CNC(=O)C2CC23CCN(C(=O)c2cc(-c4ccccc4)no2)CC3)n1. The molecule has 1 aliphatic heterocycles. The van der Waals surface area contributed by atoms with Gasteiger partial charge in [-0.25, -0.2) is 0 Å². The standard InChI is InChI=1S/C25H26N4O3/c1-17-6-5-9-19(27-17)16-26-23(30)20-15-25(20)10-12-29(13-11-25)24(31)22-14-21(28-32-22)18-7-3-2-4-8-18/h2-9,14,20H,10-13,15-16H2,1H3,(H,26,30). The molecule has 2 aromatic heterocycles. The lowest BCUT2D eigenvalue weighted by molar-refractivity contribution is -0.123. The van der Waals surface area contributed by atoms with E-state index in [2.05, 4.69) is 15.5 Å². The van der Waals surface area contributed by atoms with Crippen LogP contribution < -0.4 is 5.32 Å². The molecule has 1 atom stereocenters. The van der Waals surface area contributed by atoms with E-state index in [1.807, 2.05) is 60.4 Å². The number of nitrogens with zero attached hydrogens (tertiary/aromatic N) is 3. The topological polar surface area (TPSA) is 88.3 Å². The van der Waals surface area contributed by atoms with Gasteiger partial charge in [0.15, 0.2) is 0 Å². The van der Waals surface area contributed by atoms with Gasteiger partial charge in [0.05, 0.1) is 12.2 Å². The van der Waals surface area contributed by atoms with Crippen LogP contribution in [0, 0.1) is 18.3 Å². The molecule has 1 unspecified atom stereocenters. The molecular weight excluding hydrogens is 404 g/mol. The van der Waals surface area contributed by atoms with E-state index in [4.69, 9.17) is 4.52 Å². The Kier molecular flexibility index (Phi) is 5.25. The van der Waals surface area contributed by atoms with E-state index in [1.54, 1.807) is 6.07 Å². The number of hydrogen-bond acceptors (Lipinski definition) is 5. The molecule has 32 heavy (non-hydrogen) atoms. The average molecular weight is 431 g/mol.